The fourth-order valence-electron chi connectivity index (χ4n) is 2.82. The van der Waals surface area contributed by atoms with E-state index in [1.807, 2.05) is 44.2 Å². The number of halogens is 1. The summed E-state index contributed by atoms with van der Waals surface area (Å²) in [5.41, 5.74) is 4.58. The van der Waals surface area contributed by atoms with Gasteiger partial charge < -0.3 is 9.84 Å². The van der Waals surface area contributed by atoms with Crippen LogP contribution in [-0.4, -0.2) is 18.2 Å². The average Bonchev–Trinajstić information content (AvgIpc) is 2.57. The predicted octanol–water partition coefficient (Wildman–Crippen LogP) is 4.63. The maximum Gasteiger partial charge on any atom is 0.341 e. The molecular formula is C19H21ClO3. The topological polar surface area (TPSA) is 46.5 Å². The Morgan fingerprint density at radius 2 is 1.74 bits per heavy atom. The Morgan fingerprint density at radius 1 is 1.13 bits per heavy atom. The molecule has 0 saturated heterocycles. The Morgan fingerprint density at radius 3 is 2.30 bits per heavy atom. The van der Waals surface area contributed by atoms with Crippen LogP contribution in [0.15, 0.2) is 30.3 Å². The second-order valence-electron chi connectivity index (χ2n) is 5.65. The molecule has 1 unspecified atom stereocenters. The summed E-state index contributed by atoms with van der Waals surface area (Å²) in [6.07, 6.45) is 0.578. The van der Waals surface area contributed by atoms with E-state index in [2.05, 4.69) is 0 Å². The van der Waals surface area contributed by atoms with Crippen LogP contribution in [0.2, 0.25) is 0 Å². The van der Waals surface area contributed by atoms with Gasteiger partial charge in [-0.2, -0.15) is 0 Å². The van der Waals surface area contributed by atoms with Crippen molar-refractivity contribution in [2.75, 3.05) is 7.11 Å². The second-order valence-corrected chi connectivity index (χ2v) is 6.18. The van der Waals surface area contributed by atoms with Gasteiger partial charge in [0.2, 0.25) is 0 Å². The lowest BCUT2D eigenvalue weighted by Crippen LogP contribution is -2.11. The van der Waals surface area contributed by atoms with Crippen LogP contribution in [0.3, 0.4) is 0 Å². The lowest BCUT2D eigenvalue weighted by atomic mass is 9.89. The largest absolute Gasteiger partial charge is 0.507 e. The van der Waals surface area contributed by atoms with Gasteiger partial charge in [-0.15, -0.1) is 11.6 Å². The Kier molecular flexibility index (Phi) is 5.32. The summed E-state index contributed by atoms with van der Waals surface area (Å²) >= 11 is 6.56. The van der Waals surface area contributed by atoms with E-state index >= 15 is 0 Å². The molecule has 0 aromatic heterocycles. The highest BCUT2D eigenvalue weighted by molar-refractivity contribution is 6.21. The fraction of sp³-hybridized carbons (Fsp3) is 0.316. The molecule has 122 valence electrons. The average molecular weight is 333 g/mol. The van der Waals surface area contributed by atoms with Gasteiger partial charge in [0, 0.05) is 0 Å². The monoisotopic (exact) mass is 332 g/mol. The molecule has 2 aromatic carbocycles. The van der Waals surface area contributed by atoms with E-state index in [0.29, 0.717) is 12.0 Å². The summed E-state index contributed by atoms with van der Waals surface area (Å²) in [4.78, 5) is 12.0. The normalized spacial score (nSPS) is 12.0. The van der Waals surface area contributed by atoms with Crippen molar-refractivity contribution in [2.45, 2.75) is 32.6 Å². The summed E-state index contributed by atoms with van der Waals surface area (Å²) in [6.45, 7) is 5.56. The fourth-order valence-corrected chi connectivity index (χ4v) is 3.12. The van der Waals surface area contributed by atoms with Gasteiger partial charge in [-0.05, 0) is 55.0 Å². The molecule has 3 nitrogen and oxygen atoms in total. The second kappa shape index (κ2) is 7.05. The molecule has 4 heteroatoms. The van der Waals surface area contributed by atoms with Crippen molar-refractivity contribution < 1.29 is 14.6 Å². The smallest absolute Gasteiger partial charge is 0.341 e. The number of carbonyl (C=O) groups excluding carboxylic acids is 1. The minimum Gasteiger partial charge on any atom is -0.507 e. The summed E-state index contributed by atoms with van der Waals surface area (Å²) in [7, 11) is 1.31. The van der Waals surface area contributed by atoms with Crippen LogP contribution in [0.4, 0.5) is 0 Å². The maximum absolute atomic E-state index is 12.0. The molecule has 0 aliphatic rings. The van der Waals surface area contributed by atoms with Crippen LogP contribution in [0, 0.1) is 20.8 Å². The number of benzene rings is 2. The minimum atomic E-state index is -0.532. The third-order valence-electron chi connectivity index (χ3n) is 4.37. The first-order valence-corrected chi connectivity index (χ1v) is 7.91. The Bertz CT molecular complexity index is 723. The number of aromatic hydroxyl groups is 1. The van der Waals surface area contributed by atoms with Gasteiger partial charge in [0.1, 0.15) is 11.3 Å². The van der Waals surface area contributed by atoms with Crippen LogP contribution in [0.1, 0.15) is 43.6 Å². The van der Waals surface area contributed by atoms with E-state index in [-0.39, 0.29) is 16.7 Å². The van der Waals surface area contributed by atoms with Crippen molar-refractivity contribution in [3.05, 3.63) is 63.7 Å². The van der Waals surface area contributed by atoms with E-state index in [1.54, 1.807) is 6.92 Å². The molecule has 0 bridgehead atoms. The lowest BCUT2D eigenvalue weighted by molar-refractivity contribution is 0.0596. The highest BCUT2D eigenvalue weighted by Gasteiger charge is 2.24. The first-order chi connectivity index (χ1) is 10.9. The van der Waals surface area contributed by atoms with Crippen molar-refractivity contribution >= 4 is 17.6 Å². The number of alkyl halides is 1. The maximum atomic E-state index is 12.0. The van der Waals surface area contributed by atoms with Crippen LogP contribution >= 0.6 is 11.6 Å². The molecule has 23 heavy (non-hydrogen) atoms. The van der Waals surface area contributed by atoms with E-state index in [0.717, 1.165) is 22.3 Å². The van der Waals surface area contributed by atoms with Gasteiger partial charge in [-0.1, -0.05) is 30.3 Å². The van der Waals surface area contributed by atoms with E-state index in [9.17, 15) is 9.90 Å². The summed E-state index contributed by atoms with van der Waals surface area (Å²) in [6, 6.07) is 9.82. The zero-order chi connectivity index (χ0) is 17.1. The number of carbonyl (C=O) groups is 1. The Balaban J connectivity index is 2.50. The van der Waals surface area contributed by atoms with E-state index in [1.165, 1.54) is 7.11 Å². The molecule has 0 amide bonds. The molecule has 2 aromatic rings. The molecular weight excluding hydrogens is 312 g/mol. The third-order valence-corrected chi connectivity index (χ3v) is 4.78. The number of methoxy groups -OCH3 is 1. The minimum absolute atomic E-state index is 0.0126. The van der Waals surface area contributed by atoms with Crippen molar-refractivity contribution in [2.24, 2.45) is 0 Å². The van der Waals surface area contributed by atoms with Crippen LogP contribution in [-0.2, 0) is 11.2 Å². The molecule has 1 atom stereocenters. The summed E-state index contributed by atoms with van der Waals surface area (Å²) < 4.78 is 4.81. The van der Waals surface area contributed by atoms with Gasteiger partial charge in [0.25, 0.3) is 0 Å². The molecule has 0 aliphatic heterocycles. The number of ether oxygens (including phenoxy) is 1. The number of rotatable bonds is 4. The van der Waals surface area contributed by atoms with Crippen molar-refractivity contribution in [1.29, 1.82) is 0 Å². The van der Waals surface area contributed by atoms with Gasteiger partial charge in [-0.25, -0.2) is 4.79 Å². The third kappa shape index (κ3) is 3.35. The van der Waals surface area contributed by atoms with E-state index in [4.69, 9.17) is 16.3 Å². The quantitative estimate of drug-likeness (QED) is 0.656. The Labute approximate surface area is 141 Å². The molecule has 0 saturated carbocycles. The van der Waals surface area contributed by atoms with Crippen molar-refractivity contribution in [3.8, 4) is 5.75 Å². The first-order valence-electron chi connectivity index (χ1n) is 7.47. The van der Waals surface area contributed by atoms with Gasteiger partial charge in [-0.3, -0.25) is 0 Å². The van der Waals surface area contributed by atoms with E-state index < -0.39 is 5.97 Å². The molecule has 0 spiro atoms. The number of phenolic OH excluding ortho intramolecular Hbond substituents is 1. The van der Waals surface area contributed by atoms with Gasteiger partial charge in [0.05, 0.1) is 12.5 Å². The van der Waals surface area contributed by atoms with Gasteiger partial charge in [0.15, 0.2) is 0 Å². The highest BCUT2D eigenvalue weighted by atomic mass is 35.5. The standard InChI is InChI=1S/C19H21ClO3/c1-11-12(2)18(21)17(19(22)23-4)13(3)15(11)10-16(20)14-8-6-5-7-9-14/h5-9,16,21H,10H2,1-4H3. The zero-order valence-electron chi connectivity index (χ0n) is 13.8. The van der Waals surface area contributed by atoms with Crippen molar-refractivity contribution in [1.82, 2.24) is 0 Å². The Hall–Kier alpha value is -2.00. The number of phenols is 1. The van der Waals surface area contributed by atoms with Crippen molar-refractivity contribution in [3.63, 3.8) is 0 Å². The van der Waals surface area contributed by atoms with Crippen LogP contribution < -0.4 is 0 Å². The molecule has 0 radical (unpaired) electrons. The SMILES string of the molecule is COC(=O)c1c(C)c(CC(Cl)c2ccccc2)c(C)c(C)c1O. The predicted molar refractivity (Wildman–Crippen MR) is 92.4 cm³/mol. The molecule has 2 rings (SSSR count). The molecule has 1 N–H and O–H groups in total. The van der Waals surface area contributed by atoms with Crippen LogP contribution in [0.25, 0.3) is 0 Å². The highest BCUT2D eigenvalue weighted by Crippen LogP contribution is 2.36. The summed E-state index contributed by atoms with van der Waals surface area (Å²) in [5.74, 6) is -0.545. The number of hydrogen-bond acceptors (Lipinski definition) is 3. The van der Waals surface area contributed by atoms with Crippen LogP contribution in [0.5, 0.6) is 5.75 Å². The molecule has 0 heterocycles. The number of esters is 1. The number of hydrogen-bond donors (Lipinski definition) is 1. The zero-order valence-corrected chi connectivity index (χ0v) is 14.6. The molecule has 0 fully saturated rings. The lowest BCUT2D eigenvalue weighted by Gasteiger charge is -2.20. The molecule has 0 aliphatic carbocycles. The van der Waals surface area contributed by atoms with Gasteiger partial charge >= 0.3 is 5.97 Å². The summed E-state index contributed by atoms with van der Waals surface area (Å²) in [5, 5.41) is 10.1. The first kappa shape index (κ1) is 17.4.